The minimum atomic E-state index is -0.829. The highest BCUT2D eigenvalue weighted by Crippen LogP contribution is 2.20. The molecule has 2 rings (SSSR count). The molecular weight excluding hydrogens is 296 g/mol. The van der Waals surface area contributed by atoms with E-state index in [1.165, 1.54) is 5.56 Å². The van der Waals surface area contributed by atoms with Gasteiger partial charge in [0, 0.05) is 0 Å². The summed E-state index contributed by atoms with van der Waals surface area (Å²) in [5.41, 5.74) is 2.29. The Kier molecular flexibility index (Phi) is 5.94. The van der Waals surface area contributed by atoms with Crippen molar-refractivity contribution in [1.82, 2.24) is 0 Å². The standard InChI is InChI=1S/C12H10O.C2H3BrO2/c13-12-8-6-11(7-9-12)10-4-2-1-3-5-10;3-1-2(4)5/h1-9,13H;1H2,(H,4,5). The van der Waals surface area contributed by atoms with Crippen molar-refractivity contribution in [3.8, 4) is 16.9 Å². The van der Waals surface area contributed by atoms with Crippen LogP contribution >= 0.6 is 15.9 Å². The van der Waals surface area contributed by atoms with Crippen LogP contribution in [-0.2, 0) is 4.79 Å². The molecule has 0 heterocycles. The van der Waals surface area contributed by atoms with Crippen molar-refractivity contribution in [1.29, 1.82) is 0 Å². The van der Waals surface area contributed by atoms with Crippen LogP contribution in [0.4, 0.5) is 0 Å². The zero-order valence-corrected chi connectivity index (χ0v) is 11.2. The maximum atomic E-state index is 9.32. The zero-order chi connectivity index (χ0) is 13.4. The molecule has 0 atom stereocenters. The molecule has 0 saturated heterocycles. The highest BCUT2D eigenvalue weighted by molar-refractivity contribution is 9.09. The first kappa shape index (κ1) is 14.3. The SMILES string of the molecule is O=C(O)CBr.Oc1ccc(-c2ccccc2)cc1. The predicted molar refractivity (Wildman–Crippen MR) is 75.0 cm³/mol. The number of alkyl halides is 1. The summed E-state index contributed by atoms with van der Waals surface area (Å²) < 4.78 is 0. The molecule has 0 aromatic heterocycles. The molecule has 0 radical (unpaired) electrons. The molecule has 0 aliphatic heterocycles. The molecule has 2 aromatic rings. The lowest BCUT2D eigenvalue weighted by molar-refractivity contribution is -0.133. The Morgan fingerprint density at radius 3 is 1.83 bits per heavy atom. The van der Waals surface area contributed by atoms with E-state index in [0.29, 0.717) is 5.75 Å². The summed E-state index contributed by atoms with van der Waals surface area (Å²) in [6, 6.07) is 17.3. The number of halogens is 1. The van der Waals surface area contributed by atoms with Crippen molar-refractivity contribution in [2.24, 2.45) is 0 Å². The average molecular weight is 309 g/mol. The van der Waals surface area contributed by atoms with Crippen LogP contribution in [-0.4, -0.2) is 21.5 Å². The third-order valence-electron chi connectivity index (χ3n) is 2.09. The summed E-state index contributed by atoms with van der Waals surface area (Å²) >= 11 is 2.71. The summed E-state index contributed by atoms with van der Waals surface area (Å²) in [5, 5.41) is 16.8. The molecule has 0 aliphatic carbocycles. The molecule has 0 saturated carbocycles. The number of benzene rings is 2. The van der Waals surface area contributed by atoms with Gasteiger partial charge in [-0.2, -0.15) is 0 Å². The van der Waals surface area contributed by atoms with Crippen LogP contribution < -0.4 is 0 Å². The van der Waals surface area contributed by atoms with E-state index < -0.39 is 5.97 Å². The topological polar surface area (TPSA) is 57.5 Å². The van der Waals surface area contributed by atoms with E-state index in [4.69, 9.17) is 10.2 Å². The third-order valence-corrected chi connectivity index (χ3v) is 2.57. The number of rotatable bonds is 2. The quantitative estimate of drug-likeness (QED) is 0.835. The highest BCUT2D eigenvalue weighted by Gasteiger charge is 1.94. The zero-order valence-electron chi connectivity index (χ0n) is 9.58. The summed E-state index contributed by atoms with van der Waals surface area (Å²) in [5.74, 6) is -0.523. The molecule has 18 heavy (non-hydrogen) atoms. The van der Waals surface area contributed by atoms with Gasteiger partial charge in [0.05, 0.1) is 0 Å². The second-order valence-electron chi connectivity index (χ2n) is 3.44. The van der Waals surface area contributed by atoms with Gasteiger partial charge in [0.25, 0.3) is 0 Å². The fraction of sp³-hybridized carbons (Fsp3) is 0.0714. The fourth-order valence-electron chi connectivity index (χ4n) is 1.28. The van der Waals surface area contributed by atoms with Crippen LogP contribution in [0.5, 0.6) is 5.75 Å². The number of aliphatic carboxylic acids is 1. The lowest BCUT2D eigenvalue weighted by atomic mass is 10.1. The number of aromatic hydroxyl groups is 1. The van der Waals surface area contributed by atoms with Crippen molar-refractivity contribution in [2.75, 3.05) is 5.33 Å². The lowest BCUT2D eigenvalue weighted by Crippen LogP contribution is -1.92. The number of phenolic OH excluding ortho intramolecular Hbond substituents is 1. The molecule has 0 spiro atoms. The predicted octanol–water partition coefficient (Wildman–Crippen LogP) is 3.53. The minimum absolute atomic E-state index is 0.0347. The summed E-state index contributed by atoms with van der Waals surface area (Å²) in [6.07, 6.45) is 0. The smallest absolute Gasteiger partial charge is 0.314 e. The van der Waals surface area contributed by atoms with Crippen molar-refractivity contribution in [3.05, 3.63) is 54.6 Å². The molecule has 0 fully saturated rings. The number of hydrogen-bond acceptors (Lipinski definition) is 2. The van der Waals surface area contributed by atoms with Gasteiger partial charge in [-0.3, -0.25) is 4.79 Å². The van der Waals surface area contributed by atoms with Gasteiger partial charge in [-0.05, 0) is 23.3 Å². The second-order valence-corrected chi connectivity index (χ2v) is 4.00. The van der Waals surface area contributed by atoms with Crippen molar-refractivity contribution < 1.29 is 15.0 Å². The van der Waals surface area contributed by atoms with E-state index in [9.17, 15) is 4.79 Å². The number of carboxylic acids is 1. The molecule has 3 nitrogen and oxygen atoms in total. The van der Waals surface area contributed by atoms with Crippen LogP contribution in [0.25, 0.3) is 11.1 Å². The minimum Gasteiger partial charge on any atom is -0.508 e. The molecule has 0 aliphatic rings. The molecule has 4 heteroatoms. The van der Waals surface area contributed by atoms with Gasteiger partial charge in [-0.15, -0.1) is 0 Å². The van der Waals surface area contributed by atoms with Crippen LogP contribution in [0.1, 0.15) is 0 Å². The van der Waals surface area contributed by atoms with Gasteiger partial charge in [0.15, 0.2) is 0 Å². The van der Waals surface area contributed by atoms with E-state index in [0.717, 1.165) is 5.56 Å². The van der Waals surface area contributed by atoms with E-state index in [2.05, 4.69) is 15.9 Å². The average Bonchev–Trinajstić information content (AvgIpc) is 2.41. The maximum absolute atomic E-state index is 9.32. The van der Waals surface area contributed by atoms with Crippen molar-refractivity contribution >= 4 is 21.9 Å². The van der Waals surface area contributed by atoms with Crippen LogP contribution in [0.15, 0.2) is 54.6 Å². The molecule has 2 aromatic carbocycles. The van der Waals surface area contributed by atoms with E-state index >= 15 is 0 Å². The monoisotopic (exact) mass is 308 g/mol. The molecule has 0 bridgehead atoms. The Labute approximate surface area is 114 Å². The third kappa shape index (κ3) is 5.01. The van der Waals surface area contributed by atoms with Crippen LogP contribution in [0.3, 0.4) is 0 Å². The van der Waals surface area contributed by atoms with Crippen molar-refractivity contribution in [2.45, 2.75) is 0 Å². The van der Waals surface area contributed by atoms with Crippen LogP contribution in [0, 0.1) is 0 Å². The maximum Gasteiger partial charge on any atom is 0.314 e. The van der Waals surface area contributed by atoms with Crippen LogP contribution in [0.2, 0.25) is 0 Å². The highest BCUT2D eigenvalue weighted by atomic mass is 79.9. The van der Waals surface area contributed by atoms with Gasteiger partial charge >= 0.3 is 5.97 Å². The van der Waals surface area contributed by atoms with E-state index in [-0.39, 0.29) is 5.33 Å². The molecule has 94 valence electrons. The Balaban J connectivity index is 0.000000280. The number of carboxylic acid groups (broad SMARTS) is 1. The number of carbonyl (C=O) groups is 1. The van der Waals surface area contributed by atoms with Gasteiger partial charge in [-0.25, -0.2) is 0 Å². The van der Waals surface area contributed by atoms with Gasteiger partial charge < -0.3 is 10.2 Å². The first-order valence-electron chi connectivity index (χ1n) is 5.25. The largest absolute Gasteiger partial charge is 0.508 e. The van der Waals surface area contributed by atoms with Gasteiger partial charge in [-0.1, -0.05) is 58.4 Å². The number of hydrogen-bond donors (Lipinski definition) is 2. The second kappa shape index (κ2) is 7.50. The molecule has 0 unspecified atom stereocenters. The van der Waals surface area contributed by atoms with Crippen molar-refractivity contribution in [3.63, 3.8) is 0 Å². The number of phenols is 1. The summed E-state index contributed by atoms with van der Waals surface area (Å²) in [4.78, 5) is 9.32. The summed E-state index contributed by atoms with van der Waals surface area (Å²) in [7, 11) is 0. The normalized spacial score (nSPS) is 9.17. The van der Waals surface area contributed by atoms with E-state index in [1.54, 1.807) is 12.1 Å². The Morgan fingerprint density at radius 2 is 1.39 bits per heavy atom. The Bertz CT molecular complexity index is 480. The molecule has 0 amide bonds. The Hall–Kier alpha value is -1.81. The first-order chi connectivity index (χ1) is 8.63. The van der Waals surface area contributed by atoms with Gasteiger partial charge in [0.2, 0.25) is 0 Å². The fourth-order valence-corrected chi connectivity index (χ4v) is 1.28. The molecule has 2 N–H and O–H groups in total. The summed E-state index contributed by atoms with van der Waals surface area (Å²) in [6.45, 7) is 0. The van der Waals surface area contributed by atoms with Gasteiger partial charge in [0.1, 0.15) is 11.1 Å². The molecular formula is C14H13BrO3. The van der Waals surface area contributed by atoms with E-state index in [1.807, 2.05) is 42.5 Å². The first-order valence-corrected chi connectivity index (χ1v) is 6.38. The Morgan fingerprint density at radius 1 is 0.944 bits per heavy atom. The lowest BCUT2D eigenvalue weighted by Gasteiger charge is -2.00.